The van der Waals surface area contributed by atoms with Crippen molar-refractivity contribution in [2.45, 2.75) is 20.0 Å². The molecule has 0 aromatic heterocycles. The summed E-state index contributed by atoms with van der Waals surface area (Å²) < 4.78 is 5.50. The zero-order valence-corrected chi connectivity index (χ0v) is 9.81. The molecule has 4 nitrogen and oxygen atoms in total. The Hall–Kier alpha value is -2.28. The van der Waals surface area contributed by atoms with E-state index in [0.717, 1.165) is 0 Å². The summed E-state index contributed by atoms with van der Waals surface area (Å²) in [6.45, 7) is 3.85. The van der Waals surface area contributed by atoms with E-state index in [1.54, 1.807) is 24.3 Å². The van der Waals surface area contributed by atoms with E-state index in [9.17, 15) is 4.79 Å². The zero-order chi connectivity index (χ0) is 12.8. The van der Waals surface area contributed by atoms with Crippen molar-refractivity contribution in [3.8, 4) is 11.8 Å². The molecule has 0 heterocycles. The van der Waals surface area contributed by atoms with Crippen LogP contribution in [0.3, 0.4) is 0 Å². The van der Waals surface area contributed by atoms with E-state index in [1.807, 2.05) is 19.9 Å². The summed E-state index contributed by atoms with van der Waals surface area (Å²) in [4.78, 5) is 10.9. The highest BCUT2D eigenvalue weighted by molar-refractivity contribution is 6.00. The first-order chi connectivity index (χ1) is 8.02. The number of nitrogens with zero attached hydrogens (tertiary/aromatic N) is 1. The molecule has 0 unspecified atom stereocenters. The number of nitrogens with two attached hydrogens (primary N) is 1. The smallest absolute Gasteiger partial charge is 0.259 e. The summed E-state index contributed by atoms with van der Waals surface area (Å²) >= 11 is 0. The Kier molecular flexibility index (Phi) is 4.29. The van der Waals surface area contributed by atoms with Crippen molar-refractivity contribution < 1.29 is 9.53 Å². The topological polar surface area (TPSA) is 76.1 Å². The van der Waals surface area contributed by atoms with Crippen molar-refractivity contribution in [2.24, 2.45) is 5.73 Å². The van der Waals surface area contributed by atoms with Crippen LogP contribution < -0.4 is 10.5 Å². The fourth-order valence-corrected chi connectivity index (χ4v) is 1.27. The van der Waals surface area contributed by atoms with E-state index in [0.29, 0.717) is 11.3 Å². The molecule has 2 N–H and O–H groups in total. The third-order valence-corrected chi connectivity index (χ3v) is 1.93. The molecule has 0 spiro atoms. The Morgan fingerprint density at radius 3 is 2.76 bits per heavy atom. The first kappa shape index (κ1) is 12.8. The van der Waals surface area contributed by atoms with Gasteiger partial charge in [0.1, 0.15) is 17.4 Å². The van der Waals surface area contributed by atoms with Gasteiger partial charge >= 0.3 is 0 Å². The maximum absolute atomic E-state index is 10.9. The lowest BCUT2D eigenvalue weighted by molar-refractivity contribution is -0.114. The highest BCUT2D eigenvalue weighted by atomic mass is 16.5. The average Bonchev–Trinajstić information content (AvgIpc) is 2.25. The number of rotatable bonds is 4. The second-order valence-electron chi connectivity index (χ2n) is 3.77. The lowest BCUT2D eigenvalue weighted by Crippen LogP contribution is -2.12. The van der Waals surface area contributed by atoms with Crippen molar-refractivity contribution >= 4 is 12.0 Å². The highest BCUT2D eigenvalue weighted by Crippen LogP contribution is 2.17. The second-order valence-corrected chi connectivity index (χ2v) is 3.77. The SMILES string of the molecule is CC(C)Oc1cccc(/C=C(\C#N)C(N)=O)c1. The van der Waals surface area contributed by atoms with E-state index in [-0.39, 0.29) is 11.7 Å². The lowest BCUT2D eigenvalue weighted by atomic mass is 10.1. The van der Waals surface area contributed by atoms with Crippen LogP contribution in [0.1, 0.15) is 19.4 Å². The van der Waals surface area contributed by atoms with E-state index in [1.165, 1.54) is 6.08 Å². The molecule has 4 heteroatoms. The number of hydrogen-bond donors (Lipinski definition) is 1. The molecule has 0 aliphatic rings. The largest absolute Gasteiger partial charge is 0.491 e. The molecule has 0 radical (unpaired) electrons. The highest BCUT2D eigenvalue weighted by Gasteiger charge is 2.04. The summed E-state index contributed by atoms with van der Waals surface area (Å²) in [5.41, 5.74) is 5.68. The van der Waals surface area contributed by atoms with Gasteiger partial charge in [-0.05, 0) is 37.6 Å². The molecule has 1 amide bonds. The lowest BCUT2D eigenvalue weighted by Gasteiger charge is -2.09. The first-order valence-electron chi connectivity index (χ1n) is 5.21. The fourth-order valence-electron chi connectivity index (χ4n) is 1.27. The normalized spacial score (nSPS) is 11.1. The summed E-state index contributed by atoms with van der Waals surface area (Å²) in [6.07, 6.45) is 1.51. The minimum absolute atomic E-state index is 0.0702. The third-order valence-electron chi connectivity index (χ3n) is 1.93. The molecule has 1 rings (SSSR count). The van der Waals surface area contributed by atoms with E-state index >= 15 is 0 Å². The number of ether oxygens (including phenoxy) is 1. The van der Waals surface area contributed by atoms with Crippen molar-refractivity contribution in [2.75, 3.05) is 0 Å². The summed E-state index contributed by atoms with van der Waals surface area (Å²) in [7, 11) is 0. The van der Waals surface area contributed by atoms with Crippen LogP contribution in [-0.2, 0) is 4.79 Å². The van der Waals surface area contributed by atoms with Gasteiger partial charge < -0.3 is 10.5 Å². The van der Waals surface area contributed by atoms with E-state index < -0.39 is 5.91 Å². The Bertz CT molecular complexity index is 484. The molecule has 0 fully saturated rings. The predicted molar refractivity (Wildman–Crippen MR) is 65.0 cm³/mol. The van der Waals surface area contributed by atoms with Crippen molar-refractivity contribution in [3.63, 3.8) is 0 Å². The van der Waals surface area contributed by atoms with Gasteiger partial charge in [-0.3, -0.25) is 4.79 Å². The van der Waals surface area contributed by atoms with Gasteiger partial charge in [0.25, 0.3) is 5.91 Å². The van der Waals surface area contributed by atoms with Crippen LogP contribution in [-0.4, -0.2) is 12.0 Å². The molecule has 0 saturated carbocycles. The maximum Gasteiger partial charge on any atom is 0.259 e. The molecule has 1 aromatic carbocycles. The van der Waals surface area contributed by atoms with Crippen LogP contribution in [0, 0.1) is 11.3 Å². The molecule has 0 saturated heterocycles. The van der Waals surface area contributed by atoms with Crippen LogP contribution in [0.15, 0.2) is 29.8 Å². The summed E-state index contributed by atoms with van der Waals surface area (Å²) in [6, 6.07) is 8.88. The fraction of sp³-hybridized carbons (Fsp3) is 0.231. The number of benzene rings is 1. The van der Waals surface area contributed by atoms with Crippen LogP contribution in [0.2, 0.25) is 0 Å². The number of primary amides is 1. The number of amides is 1. The molecule has 0 atom stereocenters. The molecule has 0 bridgehead atoms. The monoisotopic (exact) mass is 230 g/mol. The van der Waals surface area contributed by atoms with Gasteiger partial charge in [0.15, 0.2) is 0 Å². The minimum atomic E-state index is -0.734. The number of carbonyl (C=O) groups is 1. The molecule has 0 aliphatic carbocycles. The molecule has 1 aromatic rings. The van der Waals surface area contributed by atoms with Crippen molar-refractivity contribution in [3.05, 3.63) is 35.4 Å². The van der Waals surface area contributed by atoms with E-state index in [2.05, 4.69) is 0 Å². The number of nitriles is 1. The number of carbonyl (C=O) groups excluding carboxylic acids is 1. The van der Waals surface area contributed by atoms with Crippen LogP contribution in [0.25, 0.3) is 6.08 Å². The maximum atomic E-state index is 10.9. The van der Waals surface area contributed by atoms with Gasteiger partial charge in [0.05, 0.1) is 6.10 Å². The van der Waals surface area contributed by atoms with E-state index in [4.69, 9.17) is 15.7 Å². The quantitative estimate of drug-likeness (QED) is 0.633. The molecular formula is C13H14N2O2. The second kappa shape index (κ2) is 5.71. The minimum Gasteiger partial charge on any atom is -0.491 e. The Balaban J connectivity index is 3.00. The van der Waals surface area contributed by atoms with Gasteiger partial charge in [-0.1, -0.05) is 12.1 Å². The number of hydrogen-bond acceptors (Lipinski definition) is 3. The Morgan fingerprint density at radius 1 is 1.53 bits per heavy atom. The summed E-state index contributed by atoms with van der Waals surface area (Å²) in [5, 5.41) is 8.72. The average molecular weight is 230 g/mol. The van der Waals surface area contributed by atoms with Crippen LogP contribution >= 0.6 is 0 Å². The van der Waals surface area contributed by atoms with Gasteiger partial charge in [-0.2, -0.15) is 5.26 Å². The van der Waals surface area contributed by atoms with Gasteiger partial charge in [-0.15, -0.1) is 0 Å². The zero-order valence-electron chi connectivity index (χ0n) is 9.81. The molecule has 88 valence electrons. The standard InChI is InChI=1S/C13H14N2O2/c1-9(2)17-12-5-3-4-10(7-12)6-11(8-14)13(15)16/h3-7,9H,1-2H3,(H2,15,16)/b11-6+. The van der Waals surface area contributed by atoms with Crippen LogP contribution in [0.4, 0.5) is 0 Å². The first-order valence-corrected chi connectivity index (χ1v) is 5.21. The summed E-state index contributed by atoms with van der Waals surface area (Å²) in [5.74, 6) is -0.0433. The van der Waals surface area contributed by atoms with Crippen LogP contribution in [0.5, 0.6) is 5.75 Å². The van der Waals surface area contributed by atoms with Crippen molar-refractivity contribution in [1.82, 2.24) is 0 Å². The van der Waals surface area contributed by atoms with Gasteiger partial charge in [-0.25, -0.2) is 0 Å². The molecule has 0 aliphatic heterocycles. The Morgan fingerprint density at radius 2 is 2.24 bits per heavy atom. The van der Waals surface area contributed by atoms with Gasteiger partial charge in [0.2, 0.25) is 0 Å². The molecular weight excluding hydrogens is 216 g/mol. The Labute approximate surface area is 100 Å². The van der Waals surface area contributed by atoms with Gasteiger partial charge in [0, 0.05) is 0 Å². The molecule has 17 heavy (non-hydrogen) atoms. The van der Waals surface area contributed by atoms with Crippen molar-refractivity contribution in [1.29, 1.82) is 5.26 Å². The third kappa shape index (κ3) is 3.99. The predicted octanol–water partition coefficient (Wildman–Crippen LogP) is 1.87.